The molecule has 6 heteroatoms. The van der Waals surface area contributed by atoms with Crippen molar-refractivity contribution in [2.75, 3.05) is 6.61 Å². The number of carbonyl (C=O) groups is 1. The van der Waals surface area contributed by atoms with Gasteiger partial charge in [0.05, 0.1) is 6.61 Å². The zero-order valence-corrected chi connectivity index (χ0v) is 6.83. The maximum Gasteiger partial charge on any atom is 0.335 e. The lowest BCUT2D eigenvalue weighted by atomic mass is 10.1. The van der Waals surface area contributed by atoms with Crippen molar-refractivity contribution in [3.8, 4) is 0 Å². The number of esters is 1. The van der Waals surface area contributed by atoms with E-state index in [4.69, 9.17) is 15.3 Å². The lowest BCUT2D eigenvalue weighted by Gasteiger charge is -2.20. The van der Waals surface area contributed by atoms with E-state index in [0.29, 0.717) is 0 Å². The fourth-order valence-electron chi connectivity index (χ4n) is 1.16. The van der Waals surface area contributed by atoms with E-state index in [1.54, 1.807) is 0 Å². The van der Waals surface area contributed by atoms with E-state index >= 15 is 0 Å². The molecule has 0 aromatic heterocycles. The molecule has 6 nitrogen and oxygen atoms in total. The predicted octanol–water partition coefficient (Wildman–Crippen LogP) is -2.62. The average Bonchev–Trinajstić information content (AvgIpc) is 2.44. The van der Waals surface area contributed by atoms with Gasteiger partial charge in [-0.2, -0.15) is 0 Å². The zero-order valence-electron chi connectivity index (χ0n) is 6.83. The molecule has 4 atom stereocenters. The minimum atomic E-state index is -1.36. The van der Waals surface area contributed by atoms with Gasteiger partial charge >= 0.3 is 5.97 Å². The molecule has 4 N–H and O–H groups in total. The largest absolute Gasteiger partial charge is 0.457 e. The first-order chi connectivity index (χ1) is 6.06. The molecule has 1 aliphatic heterocycles. The lowest BCUT2D eigenvalue weighted by Crippen LogP contribution is -2.39. The molecule has 0 aromatic carbocycles. The first-order valence-corrected chi connectivity index (χ1v) is 3.91. The molecule has 0 spiro atoms. The van der Waals surface area contributed by atoms with Gasteiger partial charge in [0.15, 0.2) is 6.10 Å². The maximum atomic E-state index is 10.7. The second kappa shape index (κ2) is 4.01. The number of aliphatic hydroxyl groups excluding tert-OH is 4. The van der Waals surface area contributed by atoms with Crippen molar-refractivity contribution >= 4 is 5.97 Å². The van der Waals surface area contributed by atoms with E-state index in [1.807, 2.05) is 0 Å². The summed E-state index contributed by atoms with van der Waals surface area (Å²) in [6, 6.07) is 0. The Kier molecular flexibility index (Phi) is 3.21. The molecule has 1 aliphatic rings. The van der Waals surface area contributed by atoms with Gasteiger partial charge in [-0.15, -0.1) is 0 Å². The van der Waals surface area contributed by atoms with Crippen LogP contribution in [0.15, 0.2) is 0 Å². The van der Waals surface area contributed by atoms with Crippen molar-refractivity contribution < 1.29 is 30.0 Å². The van der Waals surface area contributed by atoms with Crippen LogP contribution in [-0.4, -0.2) is 57.4 Å². The third-order valence-corrected chi connectivity index (χ3v) is 1.96. The van der Waals surface area contributed by atoms with Gasteiger partial charge in [0.2, 0.25) is 0 Å². The van der Waals surface area contributed by atoms with Gasteiger partial charge in [0, 0.05) is 6.42 Å². The maximum absolute atomic E-state index is 10.7. The summed E-state index contributed by atoms with van der Waals surface area (Å²) in [7, 11) is 0. The normalized spacial score (nSPS) is 32.8. The van der Waals surface area contributed by atoms with Crippen molar-refractivity contribution in [3.63, 3.8) is 0 Å². The van der Waals surface area contributed by atoms with Crippen LogP contribution < -0.4 is 0 Å². The molecule has 0 aromatic rings. The highest BCUT2D eigenvalue weighted by molar-refractivity contribution is 5.76. The number of rotatable bonds is 3. The van der Waals surface area contributed by atoms with Crippen molar-refractivity contribution in [3.05, 3.63) is 0 Å². The Bertz CT molecular complexity index is 193. The first-order valence-electron chi connectivity index (χ1n) is 3.91. The summed E-state index contributed by atoms with van der Waals surface area (Å²) in [6.07, 6.45) is -4.96. The summed E-state index contributed by atoms with van der Waals surface area (Å²) < 4.78 is 4.55. The molecule has 0 radical (unpaired) electrons. The van der Waals surface area contributed by atoms with Gasteiger partial charge < -0.3 is 25.2 Å². The molecule has 0 unspecified atom stereocenters. The lowest BCUT2D eigenvalue weighted by molar-refractivity contribution is -0.154. The summed E-state index contributed by atoms with van der Waals surface area (Å²) in [5.41, 5.74) is 0. The van der Waals surface area contributed by atoms with Gasteiger partial charge in [-0.05, 0) is 0 Å². The van der Waals surface area contributed by atoms with Crippen LogP contribution in [0.5, 0.6) is 0 Å². The summed E-state index contributed by atoms with van der Waals surface area (Å²) in [6.45, 7) is -0.620. The summed E-state index contributed by atoms with van der Waals surface area (Å²) in [4.78, 5) is 10.7. The van der Waals surface area contributed by atoms with Crippen LogP contribution in [-0.2, 0) is 9.53 Å². The molecular weight excluding hydrogens is 180 g/mol. The van der Waals surface area contributed by atoms with Crippen LogP contribution in [0, 0.1) is 0 Å². The minimum Gasteiger partial charge on any atom is -0.457 e. The number of carbonyl (C=O) groups excluding carboxylic acids is 1. The number of ether oxygens (including phenoxy) is 1. The molecule has 0 saturated carbocycles. The Morgan fingerprint density at radius 1 is 1.54 bits per heavy atom. The Labute approximate surface area is 74.4 Å². The number of hydrogen-bond donors (Lipinski definition) is 4. The summed E-state index contributed by atoms with van der Waals surface area (Å²) in [5.74, 6) is -0.811. The standard InChI is InChI=1S/C7H12O6/c8-2-4(10)6(11)5-1-3(9)7(12)13-5/h3-6,8-11H,1-2H2/t3-,4+,5-,6-/m1/s1. The highest BCUT2D eigenvalue weighted by atomic mass is 16.6. The SMILES string of the molecule is O=C1O[C@@H]([C@H](O)[C@@H](O)CO)C[C@H]1O. The Balaban J connectivity index is 2.50. The quantitative estimate of drug-likeness (QED) is 0.365. The molecule has 1 rings (SSSR count). The van der Waals surface area contributed by atoms with Gasteiger partial charge in [0.25, 0.3) is 0 Å². The molecular formula is C7H12O6. The van der Waals surface area contributed by atoms with Gasteiger partial charge in [-0.1, -0.05) is 0 Å². The average molecular weight is 192 g/mol. The van der Waals surface area contributed by atoms with E-state index in [0.717, 1.165) is 0 Å². The number of cyclic esters (lactones) is 1. The van der Waals surface area contributed by atoms with Crippen molar-refractivity contribution in [2.45, 2.75) is 30.8 Å². The van der Waals surface area contributed by atoms with E-state index in [9.17, 15) is 9.90 Å². The number of aliphatic hydroxyl groups is 4. The smallest absolute Gasteiger partial charge is 0.335 e. The van der Waals surface area contributed by atoms with E-state index < -0.39 is 37.0 Å². The molecule has 1 fully saturated rings. The van der Waals surface area contributed by atoms with E-state index in [-0.39, 0.29) is 6.42 Å². The minimum absolute atomic E-state index is 0.0585. The molecule has 1 saturated heterocycles. The molecule has 1 heterocycles. The third-order valence-electron chi connectivity index (χ3n) is 1.96. The zero-order chi connectivity index (χ0) is 10.0. The van der Waals surface area contributed by atoms with E-state index in [2.05, 4.69) is 4.74 Å². The first kappa shape index (κ1) is 10.4. The highest BCUT2D eigenvalue weighted by Crippen LogP contribution is 2.19. The molecule has 76 valence electrons. The third kappa shape index (κ3) is 2.16. The summed E-state index contributed by atoms with van der Waals surface area (Å²) >= 11 is 0. The fourth-order valence-corrected chi connectivity index (χ4v) is 1.16. The van der Waals surface area contributed by atoms with Crippen molar-refractivity contribution in [1.29, 1.82) is 0 Å². The van der Waals surface area contributed by atoms with Gasteiger partial charge in [-0.3, -0.25) is 0 Å². The predicted molar refractivity (Wildman–Crippen MR) is 39.6 cm³/mol. The van der Waals surface area contributed by atoms with E-state index in [1.165, 1.54) is 0 Å². The second-order valence-corrected chi connectivity index (χ2v) is 2.97. The van der Waals surface area contributed by atoms with Gasteiger partial charge in [-0.25, -0.2) is 4.79 Å². The van der Waals surface area contributed by atoms with Crippen LogP contribution in [0.4, 0.5) is 0 Å². The molecule has 0 bridgehead atoms. The van der Waals surface area contributed by atoms with Crippen LogP contribution in [0.25, 0.3) is 0 Å². The van der Waals surface area contributed by atoms with Crippen LogP contribution in [0.3, 0.4) is 0 Å². The van der Waals surface area contributed by atoms with Crippen LogP contribution >= 0.6 is 0 Å². The molecule has 0 aliphatic carbocycles. The summed E-state index contributed by atoms with van der Waals surface area (Å²) in [5, 5.41) is 35.7. The van der Waals surface area contributed by atoms with Crippen molar-refractivity contribution in [2.24, 2.45) is 0 Å². The van der Waals surface area contributed by atoms with Gasteiger partial charge in [0.1, 0.15) is 18.3 Å². The Morgan fingerprint density at radius 3 is 2.54 bits per heavy atom. The molecule has 0 amide bonds. The van der Waals surface area contributed by atoms with Crippen LogP contribution in [0.2, 0.25) is 0 Å². The highest BCUT2D eigenvalue weighted by Gasteiger charge is 2.39. The van der Waals surface area contributed by atoms with Crippen molar-refractivity contribution in [1.82, 2.24) is 0 Å². The number of hydrogen-bond acceptors (Lipinski definition) is 6. The fraction of sp³-hybridized carbons (Fsp3) is 0.857. The topological polar surface area (TPSA) is 107 Å². The monoisotopic (exact) mass is 192 g/mol. The molecule has 13 heavy (non-hydrogen) atoms. The Morgan fingerprint density at radius 2 is 2.15 bits per heavy atom. The van der Waals surface area contributed by atoms with Crippen LogP contribution in [0.1, 0.15) is 6.42 Å². The second-order valence-electron chi connectivity index (χ2n) is 2.97. The Hall–Kier alpha value is -0.690.